The first-order valence-electron chi connectivity index (χ1n) is 6.26. The molecule has 2 N–H and O–H groups in total. The van der Waals surface area contributed by atoms with E-state index in [-0.39, 0.29) is 11.4 Å². The molecule has 0 aliphatic carbocycles. The monoisotopic (exact) mass is 286 g/mol. The zero-order chi connectivity index (χ0) is 14.0. The molecule has 1 heterocycles. The normalized spacial score (nSPS) is 11.8. The van der Waals surface area contributed by atoms with Crippen molar-refractivity contribution in [1.82, 2.24) is 9.71 Å². The minimum atomic E-state index is -3.47. The molecule has 1 aromatic heterocycles. The van der Waals surface area contributed by atoms with Gasteiger partial charge in [-0.15, -0.1) is 0 Å². The van der Waals surface area contributed by atoms with E-state index in [4.69, 9.17) is 0 Å². The Balaban J connectivity index is 1.83. The lowest BCUT2D eigenvalue weighted by molar-refractivity contribution is 0.581. The first-order chi connectivity index (χ1) is 9.67. The highest BCUT2D eigenvalue weighted by atomic mass is 32.2. The van der Waals surface area contributed by atoms with Crippen molar-refractivity contribution in [3.05, 3.63) is 66.4 Å². The second-order valence-corrected chi connectivity index (χ2v) is 6.26. The number of aromatic nitrogens is 1. The maximum absolute atomic E-state index is 12.1. The topological polar surface area (TPSA) is 62.0 Å². The van der Waals surface area contributed by atoms with Gasteiger partial charge in [0.15, 0.2) is 0 Å². The zero-order valence-corrected chi connectivity index (χ0v) is 11.5. The van der Waals surface area contributed by atoms with Crippen LogP contribution in [0, 0.1) is 0 Å². The molecule has 3 aromatic rings. The summed E-state index contributed by atoms with van der Waals surface area (Å²) in [5, 5.41) is 1.03. The number of aromatic amines is 1. The molecular weight excluding hydrogens is 272 g/mol. The van der Waals surface area contributed by atoms with Crippen molar-refractivity contribution < 1.29 is 8.42 Å². The summed E-state index contributed by atoms with van der Waals surface area (Å²) in [5.41, 5.74) is 1.93. The predicted octanol–water partition coefficient (Wildman–Crippen LogP) is 2.65. The summed E-state index contributed by atoms with van der Waals surface area (Å²) in [6.07, 6.45) is 1.83. The number of hydrogen-bond donors (Lipinski definition) is 2. The highest BCUT2D eigenvalue weighted by Gasteiger charge is 2.13. The Morgan fingerprint density at radius 1 is 0.950 bits per heavy atom. The minimum absolute atomic E-state index is 0.265. The largest absolute Gasteiger partial charge is 0.361 e. The summed E-state index contributed by atoms with van der Waals surface area (Å²) >= 11 is 0. The maximum atomic E-state index is 12.1. The van der Waals surface area contributed by atoms with Crippen LogP contribution in [0.5, 0.6) is 0 Å². The molecular formula is C15H14N2O2S. The van der Waals surface area contributed by atoms with E-state index in [1.807, 2.05) is 30.5 Å². The van der Waals surface area contributed by atoms with Crippen LogP contribution in [-0.4, -0.2) is 13.4 Å². The molecule has 0 spiro atoms. The van der Waals surface area contributed by atoms with Gasteiger partial charge in [0.25, 0.3) is 0 Å². The Morgan fingerprint density at radius 2 is 1.65 bits per heavy atom. The quantitative estimate of drug-likeness (QED) is 0.774. The smallest absolute Gasteiger partial charge is 0.240 e. The highest BCUT2D eigenvalue weighted by Crippen LogP contribution is 2.18. The van der Waals surface area contributed by atoms with Crippen LogP contribution in [0.4, 0.5) is 0 Å². The van der Waals surface area contributed by atoms with Gasteiger partial charge in [0.05, 0.1) is 4.90 Å². The van der Waals surface area contributed by atoms with Gasteiger partial charge in [0.2, 0.25) is 10.0 Å². The second kappa shape index (κ2) is 5.11. The number of H-pyrrole nitrogens is 1. The third-order valence-corrected chi connectivity index (χ3v) is 4.60. The van der Waals surface area contributed by atoms with Crippen molar-refractivity contribution in [1.29, 1.82) is 0 Å². The van der Waals surface area contributed by atoms with E-state index < -0.39 is 10.0 Å². The zero-order valence-electron chi connectivity index (χ0n) is 10.7. The van der Waals surface area contributed by atoms with E-state index in [0.29, 0.717) is 0 Å². The molecule has 5 heteroatoms. The number of hydrogen-bond acceptors (Lipinski definition) is 2. The predicted molar refractivity (Wildman–Crippen MR) is 78.8 cm³/mol. The molecule has 0 bridgehead atoms. The number of rotatable bonds is 4. The molecule has 0 fully saturated rings. The van der Waals surface area contributed by atoms with Crippen LogP contribution in [0.1, 0.15) is 5.56 Å². The Labute approximate surface area is 117 Å². The molecule has 3 rings (SSSR count). The third kappa shape index (κ3) is 2.45. The van der Waals surface area contributed by atoms with Gasteiger partial charge >= 0.3 is 0 Å². The minimum Gasteiger partial charge on any atom is -0.361 e. The van der Waals surface area contributed by atoms with Gasteiger partial charge in [-0.05, 0) is 23.8 Å². The van der Waals surface area contributed by atoms with Crippen molar-refractivity contribution >= 4 is 20.9 Å². The van der Waals surface area contributed by atoms with E-state index in [9.17, 15) is 8.42 Å². The fourth-order valence-corrected chi connectivity index (χ4v) is 3.16. The SMILES string of the molecule is O=S(=O)(NCc1c[nH]c2ccccc12)c1ccccc1. The summed E-state index contributed by atoms with van der Waals surface area (Å²) in [6.45, 7) is 0.265. The molecule has 0 aliphatic heterocycles. The summed E-state index contributed by atoms with van der Waals surface area (Å²) in [7, 11) is -3.47. The van der Waals surface area contributed by atoms with E-state index in [0.717, 1.165) is 16.5 Å². The molecule has 20 heavy (non-hydrogen) atoms. The summed E-state index contributed by atoms with van der Waals surface area (Å²) in [4.78, 5) is 3.41. The van der Waals surface area contributed by atoms with E-state index >= 15 is 0 Å². The van der Waals surface area contributed by atoms with E-state index in [1.165, 1.54) is 0 Å². The number of benzene rings is 2. The van der Waals surface area contributed by atoms with Gasteiger partial charge in [-0.1, -0.05) is 36.4 Å². The summed E-state index contributed by atoms with van der Waals surface area (Å²) in [5.74, 6) is 0. The van der Waals surface area contributed by atoms with E-state index in [1.54, 1.807) is 30.3 Å². The molecule has 4 nitrogen and oxygen atoms in total. The maximum Gasteiger partial charge on any atom is 0.240 e. The van der Waals surface area contributed by atoms with Crippen LogP contribution < -0.4 is 4.72 Å². The lowest BCUT2D eigenvalue weighted by atomic mass is 10.2. The van der Waals surface area contributed by atoms with Crippen LogP contribution in [-0.2, 0) is 16.6 Å². The molecule has 2 aromatic carbocycles. The molecule has 0 amide bonds. The first kappa shape index (κ1) is 12.9. The molecule has 0 unspecified atom stereocenters. The summed E-state index contributed by atoms with van der Waals surface area (Å²) in [6, 6.07) is 16.2. The molecule has 0 radical (unpaired) electrons. The Bertz CT molecular complexity index is 823. The molecule has 0 atom stereocenters. The molecule has 0 saturated heterocycles. The van der Waals surface area contributed by atoms with Crippen molar-refractivity contribution in [2.75, 3.05) is 0 Å². The van der Waals surface area contributed by atoms with Crippen molar-refractivity contribution in [3.63, 3.8) is 0 Å². The number of nitrogens with one attached hydrogen (secondary N) is 2. The number of para-hydroxylation sites is 1. The molecule has 0 aliphatic rings. The van der Waals surface area contributed by atoms with Crippen molar-refractivity contribution in [2.24, 2.45) is 0 Å². The van der Waals surface area contributed by atoms with Crippen molar-refractivity contribution in [3.8, 4) is 0 Å². The Hall–Kier alpha value is -2.11. The Morgan fingerprint density at radius 3 is 2.45 bits per heavy atom. The average molecular weight is 286 g/mol. The van der Waals surface area contributed by atoms with Gasteiger partial charge in [0, 0.05) is 23.6 Å². The van der Waals surface area contributed by atoms with E-state index in [2.05, 4.69) is 9.71 Å². The number of fused-ring (bicyclic) bond motifs is 1. The molecule has 0 saturated carbocycles. The van der Waals surface area contributed by atoms with Crippen LogP contribution in [0.2, 0.25) is 0 Å². The molecule has 102 valence electrons. The third-order valence-electron chi connectivity index (χ3n) is 3.18. The van der Waals surface area contributed by atoms with Gasteiger partial charge in [-0.3, -0.25) is 0 Å². The fourth-order valence-electron chi connectivity index (χ4n) is 2.13. The van der Waals surface area contributed by atoms with Crippen LogP contribution in [0.25, 0.3) is 10.9 Å². The van der Waals surface area contributed by atoms with Gasteiger partial charge in [-0.25, -0.2) is 13.1 Å². The summed E-state index contributed by atoms with van der Waals surface area (Å²) < 4.78 is 26.9. The average Bonchev–Trinajstić information content (AvgIpc) is 2.89. The highest BCUT2D eigenvalue weighted by molar-refractivity contribution is 7.89. The first-order valence-corrected chi connectivity index (χ1v) is 7.75. The lowest BCUT2D eigenvalue weighted by Gasteiger charge is -2.05. The number of sulfonamides is 1. The van der Waals surface area contributed by atoms with Gasteiger partial charge < -0.3 is 4.98 Å². The second-order valence-electron chi connectivity index (χ2n) is 4.50. The van der Waals surface area contributed by atoms with Crippen LogP contribution in [0.3, 0.4) is 0 Å². The van der Waals surface area contributed by atoms with Gasteiger partial charge in [-0.2, -0.15) is 0 Å². The van der Waals surface area contributed by atoms with Crippen molar-refractivity contribution in [2.45, 2.75) is 11.4 Å². The van der Waals surface area contributed by atoms with Crippen LogP contribution >= 0.6 is 0 Å². The standard InChI is InChI=1S/C15H14N2O2S/c18-20(19,13-6-2-1-3-7-13)17-11-12-10-16-15-9-5-4-8-14(12)15/h1-10,16-17H,11H2. The fraction of sp³-hybridized carbons (Fsp3) is 0.0667. The van der Waals surface area contributed by atoms with Crippen LogP contribution in [0.15, 0.2) is 65.7 Å². The Kier molecular flexibility index (Phi) is 3.30. The lowest BCUT2D eigenvalue weighted by Crippen LogP contribution is -2.23. The van der Waals surface area contributed by atoms with Gasteiger partial charge in [0.1, 0.15) is 0 Å².